The van der Waals surface area contributed by atoms with Gasteiger partial charge < -0.3 is 5.73 Å². The Morgan fingerprint density at radius 2 is 2.36 bits per heavy atom. The first-order chi connectivity index (χ1) is 5.11. The van der Waals surface area contributed by atoms with Crippen LogP contribution in [-0.4, -0.2) is 11.8 Å². The number of ketones is 1. The average molecular weight is 169 g/mol. The predicted octanol–water partition coefficient (Wildman–Crippen LogP) is 1.59. The monoisotopic (exact) mass is 169 g/mol. The van der Waals surface area contributed by atoms with Crippen LogP contribution >= 0.6 is 11.3 Å². The Kier molecular flexibility index (Phi) is 2.42. The van der Waals surface area contributed by atoms with Crippen molar-refractivity contribution in [3.05, 3.63) is 21.9 Å². The zero-order valence-electron chi connectivity index (χ0n) is 6.63. The molecule has 0 radical (unpaired) electrons. The molecule has 3 heteroatoms. The lowest BCUT2D eigenvalue weighted by atomic mass is 10.1. The van der Waals surface area contributed by atoms with Gasteiger partial charge in [0.25, 0.3) is 0 Å². The van der Waals surface area contributed by atoms with Crippen LogP contribution in [0, 0.1) is 6.92 Å². The van der Waals surface area contributed by atoms with Gasteiger partial charge in [0.2, 0.25) is 0 Å². The van der Waals surface area contributed by atoms with Gasteiger partial charge in [0.05, 0.1) is 6.04 Å². The molecule has 1 aromatic heterocycles. The van der Waals surface area contributed by atoms with Crippen molar-refractivity contribution in [2.45, 2.75) is 19.9 Å². The van der Waals surface area contributed by atoms with E-state index in [1.165, 1.54) is 0 Å². The van der Waals surface area contributed by atoms with Crippen molar-refractivity contribution < 1.29 is 4.79 Å². The molecule has 0 aliphatic rings. The lowest BCUT2D eigenvalue weighted by molar-refractivity contribution is 0.0968. The molecule has 0 saturated heterocycles. The van der Waals surface area contributed by atoms with Gasteiger partial charge in [0.15, 0.2) is 5.78 Å². The van der Waals surface area contributed by atoms with E-state index >= 15 is 0 Å². The van der Waals surface area contributed by atoms with Gasteiger partial charge in [-0.2, -0.15) is 0 Å². The fourth-order valence-electron chi connectivity index (χ4n) is 0.836. The van der Waals surface area contributed by atoms with Crippen molar-refractivity contribution in [3.8, 4) is 0 Å². The van der Waals surface area contributed by atoms with Gasteiger partial charge in [-0.15, -0.1) is 11.3 Å². The quantitative estimate of drug-likeness (QED) is 0.683. The number of hydrogen-bond acceptors (Lipinski definition) is 3. The molecule has 0 aliphatic heterocycles. The molecule has 60 valence electrons. The second-order valence-corrected chi connectivity index (χ2v) is 3.71. The summed E-state index contributed by atoms with van der Waals surface area (Å²) in [5.74, 6) is 0.0225. The van der Waals surface area contributed by atoms with Gasteiger partial charge in [-0.1, -0.05) is 0 Å². The predicted molar refractivity (Wildman–Crippen MR) is 47.0 cm³/mol. The summed E-state index contributed by atoms with van der Waals surface area (Å²) in [6.45, 7) is 3.68. The van der Waals surface area contributed by atoms with Crippen LogP contribution in [0.25, 0.3) is 0 Å². The third kappa shape index (κ3) is 1.88. The van der Waals surface area contributed by atoms with Crippen molar-refractivity contribution in [2.24, 2.45) is 5.73 Å². The van der Waals surface area contributed by atoms with Crippen LogP contribution in [0.15, 0.2) is 11.4 Å². The Labute approximate surface area is 70.0 Å². The SMILES string of the molecule is Cc1cc(C(=O)C(C)N)cs1. The number of Topliss-reactive ketones (excluding diaryl/α,β-unsaturated/α-hetero) is 1. The highest BCUT2D eigenvalue weighted by molar-refractivity contribution is 7.10. The van der Waals surface area contributed by atoms with Crippen molar-refractivity contribution in [1.29, 1.82) is 0 Å². The highest BCUT2D eigenvalue weighted by Gasteiger charge is 2.11. The van der Waals surface area contributed by atoms with Gasteiger partial charge >= 0.3 is 0 Å². The third-order valence-electron chi connectivity index (χ3n) is 1.43. The Morgan fingerprint density at radius 1 is 1.73 bits per heavy atom. The normalized spacial score (nSPS) is 13.0. The van der Waals surface area contributed by atoms with E-state index in [2.05, 4.69) is 0 Å². The second kappa shape index (κ2) is 3.15. The molecule has 1 heterocycles. The highest BCUT2D eigenvalue weighted by Crippen LogP contribution is 2.14. The molecule has 0 amide bonds. The summed E-state index contributed by atoms with van der Waals surface area (Å²) < 4.78 is 0. The molecule has 0 aromatic carbocycles. The van der Waals surface area contributed by atoms with Gasteiger partial charge in [-0.3, -0.25) is 4.79 Å². The number of aryl methyl sites for hydroxylation is 1. The molecule has 0 spiro atoms. The first-order valence-corrected chi connectivity index (χ1v) is 4.34. The van der Waals surface area contributed by atoms with Gasteiger partial charge in [-0.05, 0) is 19.9 Å². The van der Waals surface area contributed by atoms with E-state index in [0.29, 0.717) is 0 Å². The summed E-state index contributed by atoms with van der Waals surface area (Å²) in [5, 5.41) is 1.85. The summed E-state index contributed by atoms with van der Waals surface area (Å²) >= 11 is 1.57. The molecule has 1 rings (SSSR count). The van der Waals surface area contributed by atoms with Crippen LogP contribution in [0.2, 0.25) is 0 Å². The highest BCUT2D eigenvalue weighted by atomic mass is 32.1. The van der Waals surface area contributed by atoms with Crippen LogP contribution in [0.1, 0.15) is 22.2 Å². The minimum Gasteiger partial charge on any atom is -0.321 e. The molecular formula is C8H11NOS. The summed E-state index contributed by atoms with van der Waals surface area (Å²) in [5.41, 5.74) is 6.17. The second-order valence-electron chi connectivity index (χ2n) is 2.60. The Hall–Kier alpha value is -0.670. The average Bonchev–Trinajstić information content (AvgIpc) is 2.34. The Balaban J connectivity index is 2.85. The molecule has 2 N–H and O–H groups in total. The van der Waals surface area contributed by atoms with Crippen molar-refractivity contribution in [2.75, 3.05) is 0 Å². The van der Waals surface area contributed by atoms with Crippen molar-refractivity contribution >= 4 is 17.1 Å². The number of rotatable bonds is 2. The summed E-state index contributed by atoms with van der Waals surface area (Å²) in [6.07, 6.45) is 0. The van der Waals surface area contributed by atoms with Crippen LogP contribution in [-0.2, 0) is 0 Å². The van der Waals surface area contributed by atoms with Crippen molar-refractivity contribution in [3.63, 3.8) is 0 Å². The van der Waals surface area contributed by atoms with Crippen LogP contribution < -0.4 is 5.73 Å². The topological polar surface area (TPSA) is 43.1 Å². The molecule has 11 heavy (non-hydrogen) atoms. The smallest absolute Gasteiger partial charge is 0.180 e. The molecule has 1 unspecified atom stereocenters. The molecule has 1 aromatic rings. The number of carbonyl (C=O) groups is 1. The number of nitrogens with two attached hydrogens (primary N) is 1. The van der Waals surface area contributed by atoms with E-state index in [9.17, 15) is 4.79 Å². The molecule has 1 atom stereocenters. The summed E-state index contributed by atoms with van der Waals surface area (Å²) in [4.78, 5) is 12.4. The maximum atomic E-state index is 11.2. The van der Waals surface area contributed by atoms with E-state index in [0.717, 1.165) is 10.4 Å². The lowest BCUT2D eigenvalue weighted by Crippen LogP contribution is -2.26. The maximum absolute atomic E-state index is 11.2. The Bertz CT molecular complexity index is 265. The lowest BCUT2D eigenvalue weighted by Gasteiger charge is -1.99. The largest absolute Gasteiger partial charge is 0.321 e. The number of hydrogen-bond donors (Lipinski definition) is 1. The standard InChI is InChI=1S/C8H11NOS/c1-5-3-7(4-11-5)8(10)6(2)9/h3-4,6H,9H2,1-2H3. The first-order valence-electron chi connectivity index (χ1n) is 3.46. The summed E-state index contributed by atoms with van der Waals surface area (Å²) in [7, 11) is 0. The number of carbonyl (C=O) groups excluding carboxylic acids is 1. The van der Waals surface area contributed by atoms with Gasteiger partial charge in [0, 0.05) is 15.8 Å². The van der Waals surface area contributed by atoms with E-state index in [-0.39, 0.29) is 11.8 Å². The molecule has 0 aliphatic carbocycles. The van der Waals surface area contributed by atoms with Crippen LogP contribution in [0.5, 0.6) is 0 Å². The number of thiophene rings is 1. The van der Waals surface area contributed by atoms with Crippen LogP contribution in [0.4, 0.5) is 0 Å². The van der Waals surface area contributed by atoms with Gasteiger partial charge in [0.1, 0.15) is 0 Å². The minimum atomic E-state index is -0.385. The third-order valence-corrected chi connectivity index (χ3v) is 2.29. The molecule has 0 saturated carbocycles. The molecule has 0 fully saturated rings. The zero-order valence-corrected chi connectivity index (χ0v) is 7.44. The maximum Gasteiger partial charge on any atom is 0.180 e. The van der Waals surface area contributed by atoms with E-state index in [4.69, 9.17) is 5.73 Å². The van der Waals surface area contributed by atoms with E-state index in [1.54, 1.807) is 18.3 Å². The van der Waals surface area contributed by atoms with Crippen LogP contribution in [0.3, 0.4) is 0 Å². The van der Waals surface area contributed by atoms with Gasteiger partial charge in [-0.25, -0.2) is 0 Å². The van der Waals surface area contributed by atoms with E-state index < -0.39 is 0 Å². The summed E-state index contributed by atoms with van der Waals surface area (Å²) in [6, 6.07) is 1.49. The zero-order chi connectivity index (χ0) is 8.43. The van der Waals surface area contributed by atoms with E-state index in [1.807, 2.05) is 18.4 Å². The Morgan fingerprint density at radius 3 is 2.73 bits per heavy atom. The molecule has 2 nitrogen and oxygen atoms in total. The first kappa shape index (κ1) is 8.43. The molecule has 0 bridgehead atoms. The molecular weight excluding hydrogens is 158 g/mol. The van der Waals surface area contributed by atoms with Crippen molar-refractivity contribution in [1.82, 2.24) is 0 Å². The fourth-order valence-corrected chi connectivity index (χ4v) is 1.53. The minimum absolute atomic E-state index is 0.0225. The fraction of sp³-hybridized carbons (Fsp3) is 0.375.